The number of fused-ring (bicyclic) bond motifs is 1. The minimum absolute atomic E-state index is 0.150. The fraction of sp³-hybridized carbons (Fsp3) is 0.385. The Morgan fingerprint density at radius 1 is 1.40 bits per heavy atom. The van der Waals surface area contributed by atoms with Gasteiger partial charge in [0.05, 0.1) is 6.10 Å². The first-order chi connectivity index (χ1) is 9.48. The molecule has 0 spiro atoms. The lowest BCUT2D eigenvalue weighted by Gasteiger charge is -2.28. The largest absolute Gasteiger partial charge is 0.399 e. The molecule has 2 aromatic rings. The highest BCUT2D eigenvalue weighted by molar-refractivity contribution is 7.89. The van der Waals surface area contributed by atoms with Gasteiger partial charge < -0.3 is 15.8 Å². The number of H-pyrrole nitrogens is 1. The first-order valence-electron chi connectivity index (χ1n) is 6.53. The number of piperidine rings is 1. The zero-order valence-electron chi connectivity index (χ0n) is 10.9. The number of nitrogens with one attached hydrogen (secondary N) is 1. The number of aliphatic hydroxyl groups excluding tert-OH is 1. The second kappa shape index (κ2) is 4.76. The maximum atomic E-state index is 12.7. The molecule has 2 heterocycles. The van der Waals surface area contributed by atoms with Crippen LogP contribution in [0.3, 0.4) is 0 Å². The normalized spacial score (nSPS) is 21.4. The van der Waals surface area contributed by atoms with Crippen LogP contribution in [0.15, 0.2) is 29.3 Å². The predicted octanol–water partition coefficient (Wildman–Crippen LogP) is 0.895. The number of sulfonamides is 1. The van der Waals surface area contributed by atoms with Gasteiger partial charge in [-0.1, -0.05) is 0 Å². The summed E-state index contributed by atoms with van der Waals surface area (Å²) in [4.78, 5) is 3.16. The van der Waals surface area contributed by atoms with Crippen LogP contribution < -0.4 is 5.73 Å². The maximum absolute atomic E-state index is 12.7. The lowest BCUT2D eigenvalue weighted by Crippen LogP contribution is -2.42. The van der Waals surface area contributed by atoms with Crippen LogP contribution in [0.2, 0.25) is 0 Å². The van der Waals surface area contributed by atoms with E-state index < -0.39 is 16.1 Å². The molecule has 1 unspecified atom stereocenters. The lowest BCUT2D eigenvalue weighted by molar-refractivity contribution is 0.108. The fourth-order valence-electron chi connectivity index (χ4n) is 2.60. The van der Waals surface area contributed by atoms with E-state index in [0.29, 0.717) is 30.5 Å². The van der Waals surface area contributed by atoms with Crippen molar-refractivity contribution < 1.29 is 13.5 Å². The Morgan fingerprint density at radius 2 is 2.20 bits per heavy atom. The molecule has 7 heteroatoms. The molecule has 4 N–H and O–H groups in total. The van der Waals surface area contributed by atoms with Gasteiger partial charge in [0.1, 0.15) is 4.90 Å². The Bertz CT molecular complexity index is 738. The molecule has 1 aliphatic heterocycles. The summed E-state index contributed by atoms with van der Waals surface area (Å²) in [5.74, 6) is 0. The molecule has 6 nitrogen and oxygen atoms in total. The van der Waals surface area contributed by atoms with Crippen LogP contribution in [-0.4, -0.2) is 42.0 Å². The highest BCUT2D eigenvalue weighted by atomic mass is 32.2. The second-order valence-electron chi connectivity index (χ2n) is 5.12. The van der Waals surface area contributed by atoms with Crippen molar-refractivity contribution in [2.45, 2.75) is 23.8 Å². The summed E-state index contributed by atoms with van der Waals surface area (Å²) in [5, 5.41) is 10.3. The summed E-state index contributed by atoms with van der Waals surface area (Å²) in [6.07, 6.45) is 2.21. The van der Waals surface area contributed by atoms with Crippen molar-refractivity contribution in [2.24, 2.45) is 0 Å². The standard InChI is InChI=1S/C13H17N3O3S/c14-9-3-4-12-11(6-9)13(7-15-12)20(18,19)16-5-1-2-10(17)8-16/h3-4,6-7,10,15,17H,1-2,5,8,14H2. The van der Waals surface area contributed by atoms with Crippen molar-refractivity contribution in [1.82, 2.24) is 9.29 Å². The molecule has 1 saturated heterocycles. The van der Waals surface area contributed by atoms with Crippen molar-refractivity contribution in [3.63, 3.8) is 0 Å². The van der Waals surface area contributed by atoms with Crippen LogP contribution in [-0.2, 0) is 10.0 Å². The first-order valence-corrected chi connectivity index (χ1v) is 7.97. The summed E-state index contributed by atoms with van der Waals surface area (Å²) in [5.41, 5.74) is 6.99. The summed E-state index contributed by atoms with van der Waals surface area (Å²) in [7, 11) is -3.61. The molecule has 1 aromatic carbocycles. The Kier molecular flexibility index (Phi) is 3.19. The smallest absolute Gasteiger partial charge is 0.245 e. The van der Waals surface area contributed by atoms with E-state index in [1.807, 2.05) is 0 Å². The monoisotopic (exact) mass is 295 g/mol. The van der Waals surface area contributed by atoms with Crippen LogP contribution >= 0.6 is 0 Å². The van der Waals surface area contributed by atoms with Crippen molar-refractivity contribution in [2.75, 3.05) is 18.8 Å². The van der Waals surface area contributed by atoms with Gasteiger partial charge in [-0.25, -0.2) is 8.42 Å². The topological polar surface area (TPSA) is 99.4 Å². The Hall–Kier alpha value is -1.57. The number of aromatic amines is 1. The van der Waals surface area contributed by atoms with E-state index in [-0.39, 0.29) is 11.4 Å². The number of nitrogen functional groups attached to an aromatic ring is 1. The van der Waals surface area contributed by atoms with E-state index in [4.69, 9.17) is 5.73 Å². The zero-order valence-corrected chi connectivity index (χ0v) is 11.7. The van der Waals surface area contributed by atoms with E-state index in [1.54, 1.807) is 18.2 Å². The van der Waals surface area contributed by atoms with Crippen LogP contribution in [0, 0.1) is 0 Å². The molecule has 3 rings (SSSR count). The van der Waals surface area contributed by atoms with Crippen molar-refractivity contribution in [3.05, 3.63) is 24.4 Å². The van der Waals surface area contributed by atoms with E-state index in [0.717, 1.165) is 5.52 Å². The average Bonchev–Trinajstić information content (AvgIpc) is 2.82. The number of nitrogens with zero attached hydrogens (tertiary/aromatic N) is 1. The fourth-order valence-corrected chi connectivity index (χ4v) is 4.27. The minimum atomic E-state index is -3.61. The lowest BCUT2D eigenvalue weighted by atomic mass is 10.1. The highest BCUT2D eigenvalue weighted by Gasteiger charge is 2.31. The van der Waals surface area contributed by atoms with Gasteiger partial charge >= 0.3 is 0 Å². The Labute approximate surface area is 117 Å². The van der Waals surface area contributed by atoms with Gasteiger partial charge in [-0.05, 0) is 31.0 Å². The molecule has 1 fully saturated rings. The van der Waals surface area contributed by atoms with Gasteiger partial charge in [0.15, 0.2) is 0 Å². The molecule has 0 saturated carbocycles. The summed E-state index contributed by atoms with van der Waals surface area (Å²) in [6.45, 7) is 0.589. The Morgan fingerprint density at radius 3 is 2.95 bits per heavy atom. The van der Waals surface area contributed by atoms with Gasteiger partial charge in [-0.15, -0.1) is 0 Å². The maximum Gasteiger partial charge on any atom is 0.245 e. The number of aliphatic hydroxyl groups is 1. The molecule has 108 valence electrons. The summed E-state index contributed by atoms with van der Waals surface area (Å²) < 4.78 is 26.7. The van der Waals surface area contributed by atoms with E-state index in [2.05, 4.69) is 4.98 Å². The predicted molar refractivity (Wildman–Crippen MR) is 76.7 cm³/mol. The quantitative estimate of drug-likeness (QED) is 0.717. The van der Waals surface area contributed by atoms with Gasteiger partial charge in [0.25, 0.3) is 0 Å². The van der Waals surface area contributed by atoms with Gasteiger partial charge in [0, 0.05) is 35.9 Å². The molecule has 0 aliphatic carbocycles. The van der Waals surface area contributed by atoms with E-state index >= 15 is 0 Å². The third-order valence-electron chi connectivity index (χ3n) is 3.64. The number of nitrogens with two attached hydrogens (primary N) is 1. The number of hydrogen-bond acceptors (Lipinski definition) is 4. The van der Waals surface area contributed by atoms with Crippen molar-refractivity contribution >= 4 is 26.6 Å². The Balaban J connectivity index is 2.07. The summed E-state index contributed by atoms with van der Waals surface area (Å²) >= 11 is 0. The van der Waals surface area contributed by atoms with Gasteiger partial charge in [-0.3, -0.25) is 0 Å². The molecular weight excluding hydrogens is 278 g/mol. The molecule has 1 atom stereocenters. The molecule has 0 radical (unpaired) electrons. The van der Waals surface area contributed by atoms with Crippen LogP contribution in [0.1, 0.15) is 12.8 Å². The number of aromatic nitrogens is 1. The third-order valence-corrected chi connectivity index (χ3v) is 5.55. The number of anilines is 1. The van der Waals surface area contributed by atoms with Gasteiger partial charge in [0.2, 0.25) is 10.0 Å². The first kappa shape index (κ1) is 13.4. The van der Waals surface area contributed by atoms with Gasteiger partial charge in [-0.2, -0.15) is 4.31 Å². The number of hydrogen-bond donors (Lipinski definition) is 3. The van der Waals surface area contributed by atoms with Crippen molar-refractivity contribution in [1.29, 1.82) is 0 Å². The molecule has 0 bridgehead atoms. The highest BCUT2D eigenvalue weighted by Crippen LogP contribution is 2.28. The van der Waals surface area contributed by atoms with Crippen LogP contribution in [0.4, 0.5) is 5.69 Å². The summed E-state index contributed by atoms with van der Waals surface area (Å²) in [6, 6.07) is 5.13. The average molecular weight is 295 g/mol. The SMILES string of the molecule is Nc1ccc2[nH]cc(S(=O)(=O)N3CCCC(O)C3)c2c1. The number of rotatable bonds is 2. The third kappa shape index (κ3) is 2.17. The van der Waals surface area contributed by atoms with E-state index in [1.165, 1.54) is 10.5 Å². The minimum Gasteiger partial charge on any atom is -0.399 e. The zero-order chi connectivity index (χ0) is 14.3. The second-order valence-corrected chi connectivity index (χ2v) is 7.02. The molecular formula is C13H17N3O3S. The number of benzene rings is 1. The van der Waals surface area contributed by atoms with Crippen LogP contribution in [0.25, 0.3) is 10.9 Å². The van der Waals surface area contributed by atoms with Crippen molar-refractivity contribution in [3.8, 4) is 0 Å². The molecule has 1 aliphatic rings. The van der Waals surface area contributed by atoms with E-state index in [9.17, 15) is 13.5 Å². The molecule has 0 amide bonds. The number of β-amino-alcohol motifs (C(OH)–C–C–N with tert-alkyl or cyclic N) is 1. The molecule has 1 aromatic heterocycles. The molecule has 20 heavy (non-hydrogen) atoms. The van der Waals surface area contributed by atoms with Crippen LogP contribution in [0.5, 0.6) is 0 Å².